The molecule has 0 fully saturated rings. The van der Waals surface area contributed by atoms with Crippen molar-refractivity contribution in [2.75, 3.05) is 20.8 Å². The zero-order valence-electron chi connectivity index (χ0n) is 11.9. The number of hydrogen-bond donors (Lipinski definition) is 1. The van der Waals surface area contributed by atoms with Gasteiger partial charge in [0.1, 0.15) is 5.01 Å². The smallest absolute Gasteiger partial charge is 0.317 e. The van der Waals surface area contributed by atoms with Gasteiger partial charge in [0.2, 0.25) is 0 Å². The summed E-state index contributed by atoms with van der Waals surface area (Å²) in [6.07, 6.45) is 0. The largest absolute Gasteiger partial charge is 0.383 e. The van der Waals surface area contributed by atoms with Crippen molar-refractivity contribution in [2.45, 2.75) is 19.5 Å². The van der Waals surface area contributed by atoms with Crippen LogP contribution in [0.3, 0.4) is 0 Å². The molecule has 0 spiro atoms. The first-order valence-electron chi connectivity index (χ1n) is 6.45. The highest BCUT2D eigenvalue weighted by Gasteiger charge is 2.14. The van der Waals surface area contributed by atoms with Gasteiger partial charge < -0.3 is 15.0 Å². The van der Waals surface area contributed by atoms with E-state index in [2.05, 4.69) is 10.3 Å². The minimum Gasteiger partial charge on any atom is -0.383 e. The lowest BCUT2D eigenvalue weighted by Gasteiger charge is -2.20. The molecule has 0 bridgehead atoms. The van der Waals surface area contributed by atoms with E-state index in [1.54, 1.807) is 30.4 Å². The van der Waals surface area contributed by atoms with Crippen LogP contribution in [0.15, 0.2) is 24.3 Å². The molecule has 0 aliphatic carbocycles. The number of aromatic nitrogens is 1. The number of carbonyl (C=O) groups excluding carboxylic acids is 1. The Morgan fingerprint density at radius 1 is 1.50 bits per heavy atom. The number of urea groups is 1. The van der Waals surface area contributed by atoms with Gasteiger partial charge in [-0.1, -0.05) is 12.1 Å². The van der Waals surface area contributed by atoms with Crippen LogP contribution in [0.25, 0.3) is 10.2 Å². The fraction of sp³-hybridized carbons (Fsp3) is 0.429. The van der Waals surface area contributed by atoms with Gasteiger partial charge in [-0.05, 0) is 19.1 Å². The number of fused-ring (bicyclic) bond motifs is 1. The fourth-order valence-electron chi connectivity index (χ4n) is 1.87. The first-order chi connectivity index (χ1) is 9.60. The second kappa shape index (κ2) is 6.67. The van der Waals surface area contributed by atoms with E-state index in [9.17, 15) is 4.79 Å². The normalized spacial score (nSPS) is 12.3. The molecule has 6 heteroatoms. The Kier molecular flexibility index (Phi) is 4.92. The number of rotatable bonds is 5. The van der Waals surface area contributed by atoms with Crippen LogP contribution >= 0.6 is 11.3 Å². The van der Waals surface area contributed by atoms with E-state index in [-0.39, 0.29) is 12.1 Å². The third kappa shape index (κ3) is 3.68. The second-order valence-electron chi connectivity index (χ2n) is 4.74. The Labute approximate surface area is 122 Å². The number of hydrogen-bond acceptors (Lipinski definition) is 4. The lowest BCUT2D eigenvalue weighted by molar-refractivity contribution is 0.162. The van der Waals surface area contributed by atoms with Crippen LogP contribution in [0.5, 0.6) is 0 Å². The number of nitrogens with one attached hydrogen (secondary N) is 1. The number of thiazole rings is 1. The highest BCUT2D eigenvalue weighted by molar-refractivity contribution is 7.18. The molecule has 1 N–H and O–H groups in total. The molecule has 0 aliphatic rings. The SMILES string of the molecule is COCC(C)NC(=O)N(C)Cc1nc2ccccc2s1. The lowest BCUT2D eigenvalue weighted by Crippen LogP contribution is -2.43. The molecule has 1 unspecified atom stereocenters. The molecule has 20 heavy (non-hydrogen) atoms. The molecular weight excluding hydrogens is 274 g/mol. The summed E-state index contributed by atoms with van der Waals surface area (Å²) in [5.41, 5.74) is 0.981. The zero-order chi connectivity index (χ0) is 14.5. The number of para-hydroxylation sites is 1. The number of carbonyl (C=O) groups is 1. The molecule has 1 heterocycles. The third-order valence-corrected chi connectivity index (χ3v) is 3.86. The molecule has 1 atom stereocenters. The average molecular weight is 293 g/mol. The maximum atomic E-state index is 12.0. The first-order valence-corrected chi connectivity index (χ1v) is 7.27. The second-order valence-corrected chi connectivity index (χ2v) is 5.85. The van der Waals surface area contributed by atoms with Crippen LogP contribution in [-0.2, 0) is 11.3 Å². The number of methoxy groups -OCH3 is 1. The van der Waals surface area contributed by atoms with Gasteiger partial charge in [-0.25, -0.2) is 9.78 Å². The van der Waals surface area contributed by atoms with E-state index < -0.39 is 0 Å². The maximum absolute atomic E-state index is 12.0. The van der Waals surface area contributed by atoms with Crippen LogP contribution in [0, 0.1) is 0 Å². The van der Waals surface area contributed by atoms with Crippen molar-refractivity contribution in [2.24, 2.45) is 0 Å². The topological polar surface area (TPSA) is 54.5 Å². The van der Waals surface area contributed by atoms with Crippen molar-refractivity contribution in [3.63, 3.8) is 0 Å². The van der Waals surface area contributed by atoms with Gasteiger partial charge in [0.05, 0.1) is 29.4 Å². The van der Waals surface area contributed by atoms with Crippen molar-refractivity contribution in [3.05, 3.63) is 29.3 Å². The summed E-state index contributed by atoms with van der Waals surface area (Å²) in [5, 5.41) is 3.81. The summed E-state index contributed by atoms with van der Waals surface area (Å²) >= 11 is 1.61. The van der Waals surface area contributed by atoms with Gasteiger partial charge in [0.15, 0.2) is 0 Å². The summed E-state index contributed by atoms with van der Waals surface area (Å²) in [6.45, 7) is 2.92. The van der Waals surface area contributed by atoms with Crippen molar-refractivity contribution in [1.29, 1.82) is 0 Å². The van der Waals surface area contributed by atoms with Gasteiger partial charge in [-0.3, -0.25) is 0 Å². The van der Waals surface area contributed by atoms with Crippen molar-refractivity contribution < 1.29 is 9.53 Å². The molecule has 5 nitrogen and oxygen atoms in total. The van der Waals surface area contributed by atoms with Crippen LogP contribution in [-0.4, -0.2) is 42.7 Å². The molecule has 2 amide bonds. The summed E-state index contributed by atoms with van der Waals surface area (Å²) in [5.74, 6) is 0. The Bertz CT molecular complexity index is 552. The monoisotopic (exact) mass is 293 g/mol. The van der Waals surface area contributed by atoms with Crippen LogP contribution in [0.1, 0.15) is 11.9 Å². The standard InChI is InChI=1S/C14H19N3O2S/c1-10(9-19-3)15-14(18)17(2)8-13-16-11-6-4-5-7-12(11)20-13/h4-7,10H,8-9H2,1-3H3,(H,15,18). The average Bonchev–Trinajstić information content (AvgIpc) is 2.80. The van der Waals surface area contributed by atoms with Gasteiger partial charge >= 0.3 is 6.03 Å². The predicted octanol–water partition coefficient (Wildman–Crippen LogP) is 2.47. The maximum Gasteiger partial charge on any atom is 0.317 e. The molecule has 0 saturated heterocycles. The summed E-state index contributed by atoms with van der Waals surface area (Å²) in [4.78, 5) is 18.1. The van der Waals surface area contributed by atoms with E-state index in [0.717, 1.165) is 15.2 Å². The molecule has 0 aliphatic heterocycles. The summed E-state index contributed by atoms with van der Waals surface area (Å²) in [6, 6.07) is 7.86. The third-order valence-electron chi connectivity index (χ3n) is 2.84. The molecule has 2 rings (SSSR count). The van der Waals surface area contributed by atoms with Crippen LogP contribution in [0.4, 0.5) is 4.79 Å². The zero-order valence-corrected chi connectivity index (χ0v) is 12.7. The Morgan fingerprint density at radius 2 is 2.25 bits per heavy atom. The lowest BCUT2D eigenvalue weighted by atomic mass is 10.3. The quantitative estimate of drug-likeness (QED) is 0.921. The number of nitrogens with zero attached hydrogens (tertiary/aromatic N) is 2. The van der Waals surface area contributed by atoms with Gasteiger partial charge in [0, 0.05) is 14.2 Å². The molecule has 2 aromatic rings. The van der Waals surface area contributed by atoms with Crippen molar-refractivity contribution >= 4 is 27.6 Å². The molecule has 1 aromatic heterocycles. The van der Waals surface area contributed by atoms with E-state index in [4.69, 9.17) is 4.74 Å². The van der Waals surface area contributed by atoms with Gasteiger partial charge in [-0.2, -0.15) is 0 Å². The number of amides is 2. The summed E-state index contributed by atoms with van der Waals surface area (Å²) < 4.78 is 6.14. The molecule has 0 radical (unpaired) electrons. The number of ether oxygens (including phenoxy) is 1. The van der Waals surface area contributed by atoms with Crippen LogP contribution in [0.2, 0.25) is 0 Å². The Morgan fingerprint density at radius 3 is 2.95 bits per heavy atom. The predicted molar refractivity (Wildman–Crippen MR) is 81.0 cm³/mol. The number of benzene rings is 1. The highest BCUT2D eigenvalue weighted by Crippen LogP contribution is 2.22. The highest BCUT2D eigenvalue weighted by atomic mass is 32.1. The Balaban J connectivity index is 1.96. The van der Waals surface area contributed by atoms with E-state index in [1.165, 1.54) is 0 Å². The fourth-order valence-corrected chi connectivity index (χ4v) is 2.90. The Hall–Kier alpha value is -1.66. The summed E-state index contributed by atoms with van der Waals surface area (Å²) in [7, 11) is 3.38. The molecular formula is C14H19N3O2S. The first kappa shape index (κ1) is 14.7. The molecule has 108 valence electrons. The minimum atomic E-state index is -0.117. The minimum absolute atomic E-state index is 0.00897. The molecule has 0 saturated carbocycles. The van der Waals surface area contributed by atoms with Crippen LogP contribution < -0.4 is 5.32 Å². The van der Waals surface area contributed by atoms with E-state index in [0.29, 0.717) is 13.2 Å². The van der Waals surface area contributed by atoms with Crippen molar-refractivity contribution in [1.82, 2.24) is 15.2 Å². The van der Waals surface area contributed by atoms with E-state index in [1.807, 2.05) is 31.2 Å². The van der Waals surface area contributed by atoms with E-state index >= 15 is 0 Å². The molecule has 1 aromatic carbocycles. The van der Waals surface area contributed by atoms with Gasteiger partial charge in [-0.15, -0.1) is 11.3 Å². The van der Waals surface area contributed by atoms with Crippen molar-refractivity contribution in [3.8, 4) is 0 Å². The van der Waals surface area contributed by atoms with Gasteiger partial charge in [0.25, 0.3) is 0 Å².